The molecule has 0 saturated heterocycles. The monoisotopic (exact) mass is 541 g/mol. The van der Waals surface area contributed by atoms with Crippen molar-refractivity contribution in [1.82, 2.24) is 5.43 Å². The molecule has 0 aliphatic heterocycles. The first-order valence-electron chi connectivity index (χ1n) is 10.1. The van der Waals surface area contributed by atoms with E-state index < -0.39 is 23.4 Å². The number of carbonyl (C=O) groups excluding carboxylic acids is 2. The Bertz CT molecular complexity index is 1280. The molecule has 35 heavy (non-hydrogen) atoms. The minimum absolute atomic E-state index is 0.0268. The van der Waals surface area contributed by atoms with E-state index in [2.05, 4.69) is 26.5 Å². The average Bonchev–Trinajstić information content (AvgIpc) is 2.84. The lowest BCUT2D eigenvalue weighted by atomic mass is 10.1. The lowest BCUT2D eigenvalue weighted by Crippen LogP contribution is -2.24. The summed E-state index contributed by atoms with van der Waals surface area (Å²) in [5.74, 6) is -0.726. The van der Waals surface area contributed by atoms with E-state index in [4.69, 9.17) is 14.2 Å². The van der Waals surface area contributed by atoms with Crippen LogP contribution in [0, 0.1) is 17.0 Å². The van der Waals surface area contributed by atoms with E-state index in [1.54, 1.807) is 30.3 Å². The van der Waals surface area contributed by atoms with Gasteiger partial charge in [0.05, 0.1) is 28.3 Å². The predicted octanol–water partition coefficient (Wildman–Crippen LogP) is 4.42. The molecule has 180 valence electrons. The molecule has 0 fully saturated rings. The SMILES string of the molecule is COc1cc(C=NNC(=O)COc2ccccc2[N+](=O)[O-])cc(Br)c1OC(=O)c1ccc(C)cc1. The van der Waals surface area contributed by atoms with Gasteiger partial charge in [0.25, 0.3) is 5.91 Å². The van der Waals surface area contributed by atoms with Crippen LogP contribution in [-0.2, 0) is 4.79 Å². The Morgan fingerprint density at radius 2 is 1.83 bits per heavy atom. The van der Waals surface area contributed by atoms with Crippen molar-refractivity contribution < 1.29 is 28.7 Å². The topological polar surface area (TPSA) is 129 Å². The minimum atomic E-state index is -0.617. The van der Waals surface area contributed by atoms with Crippen LogP contribution < -0.4 is 19.6 Å². The minimum Gasteiger partial charge on any atom is -0.493 e. The standard InChI is InChI=1S/C24H20BrN3O7/c1-15-7-9-17(10-8-15)24(30)35-23-18(25)11-16(12-21(23)33-2)13-26-27-22(29)14-34-20-6-4-3-5-19(20)28(31)32/h3-13H,14H2,1-2H3,(H,27,29). The largest absolute Gasteiger partial charge is 0.493 e. The molecule has 3 aromatic carbocycles. The number of halogens is 1. The van der Waals surface area contributed by atoms with Gasteiger partial charge in [-0.05, 0) is 58.7 Å². The highest BCUT2D eigenvalue weighted by Crippen LogP contribution is 2.37. The molecule has 0 bridgehead atoms. The van der Waals surface area contributed by atoms with Crippen LogP contribution in [0.1, 0.15) is 21.5 Å². The Hall–Kier alpha value is -4.25. The zero-order valence-electron chi connectivity index (χ0n) is 18.7. The Balaban J connectivity index is 1.63. The molecule has 3 aromatic rings. The van der Waals surface area contributed by atoms with Crippen molar-refractivity contribution in [3.63, 3.8) is 0 Å². The fraction of sp³-hybridized carbons (Fsp3) is 0.125. The van der Waals surface area contributed by atoms with Crippen molar-refractivity contribution in [3.05, 3.63) is 91.9 Å². The van der Waals surface area contributed by atoms with Gasteiger partial charge < -0.3 is 14.2 Å². The van der Waals surface area contributed by atoms with Crippen molar-refractivity contribution >= 4 is 39.7 Å². The number of hydrogen-bond acceptors (Lipinski definition) is 8. The Morgan fingerprint density at radius 1 is 1.11 bits per heavy atom. The van der Waals surface area contributed by atoms with Crippen LogP contribution in [0.2, 0.25) is 0 Å². The van der Waals surface area contributed by atoms with Crippen molar-refractivity contribution in [2.75, 3.05) is 13.7 Å². The summed E-state index contributed by atoms with van der Waals surface area (Å²) in [6, 6.07) is 15.9. The van der Waals surface area contributed by atoms with Gasteiger partial charge in [-0.1, -0.05) is 29.8 Å². The summed E-state index contributed by atoms with van der Waals surface area (Å²) >= 11 is 3.36. The highest BCUT2D eigenvalue weighted by atomic mass is 79.9. The van der Waals surface area contributed by atoms with Gasteiger partial charge in [-0.2, -0.15) is 5.10 Å². The molecule has 0 heterocycles. The van der Waals surface area contributed by atoms with Crippen molar-refractivity contribution in [1.29, 1.82) is 0 Å². The van der Waals surface area contributed by atoms with Crippen LogP contribution in [0.3, 0.4) is 0 Å². The van der Waals surface area contributed by atoms with Gasteiger partial charge in [-0.15, -0.1) is 0 Å². The number of carbonyl (C=O) groups is 2. The summed E-state index contributed by atoms with van der Waals surface area (Å²) < 4.78 is 16.5. The molecule has 0 unspecified atom stereocenters. The van der Waals surface area contributed by atoms with E-state index in [1.807, 2.05) is 19.1 Å². The number of para-hydroxylation sites is 2. The lowest BCUT2D eigenvalue weighted by Gasteiger charge is -2.12. The fourth-order valence-corrected chi connectivity index (χ4v) is 3.38. The van der Waals surface area contributed by atoms with Crippen LogP contribution in [0.5, 0.6) is 17.2 Å². The maximum Gasteiger partial charge on any atom is 0.343 e. The Morgan fingerprint density at radius 3 is 2.51 bits per heavy atom. The van der Waals surface area contributed by atoms with Gasteiger partial charge in [0.2, 0.25) is 0 Å². The molecule has 0 aliphatic carbocycles. The maximum atomic E-state index is 12.5. The zero-order chi connectivity index (χ0) is 25.4. The second-order valence-corrected chi connectivity index (χ2v) is 7.95. The van der Waals surface area contributed by atoms with E-state index in [1.165, 1.54) is 31.5 Å². The average molecular weight is 542 g/mol. The maximum absolute atomic E-state index is 12.5. The third-order valence-corrected chi connectivity index (χ3v) is 5.15. The summed E-state index contributed by atoms with van der Waals surface area (Å²) in [6.45, 7) is 1.45. The summed E-state index contributed by atoms with van der Waals surface area (Å²) in [5.41, 5.74) is 3.97. The highest BCUT2D eigenvalue weighted by molar-refractivity contribution is 9.10. The predicted molar refractivity (Wildman–Crippen MR) is 131 cm³/mol. The third kappa shape index (κ3) is 6.87. The second-order valence-electron chi connectivity index (χ2n) is 7.10. The molecule has 1 N–H and O–H groups in total. The molecule has 11 heteroatoms. The molecule has 0 aromatic heterocycles. The number of nitro groups is 1. The molecule has 0 radical (unpaired) electrons. The summed E-state index contributed by atoms with van der Waals surface area (Å²) in [4.78, 5) is 34.9. The van der Waals surface area contributed by atoms with E-state index >= 15 is 0 Å². The van der Waals surface area contributed by atoms with Crippen LogP contribution in [0.15, 0.2) is 70.2 Å². The van der Waals surface area contributed by atoms with E-state index in [9.17, 15) is 19.7 Å². The van der Waals surface area contributed by atoms with Gasteiger partial charge in [0.15, 0.2) is 23.9 Å². The van der Waals surface area contributed by atoms with Crippen LogP contribution in [-0.4, -0.2) is 36.7 Å². The van der Waals surface area contributed by atoms with Crippen molar-refractivity contribution in [2.24, 2.45) is 5.10 Å². The molecule has 1 amide bonds. The molecular weight excluding hydrogens is 522 g/mol. The molecule has 3 rings (SSSR count). The molecule has 0 spiro atoms. The van der Waals surface area contributed by atoms with Crippen LogP contribution >= 0.6 is 15.9 Å². The van der Waals surface area contributed by atoms with Gasteiger partial charge in [0.1, 0.15) is 0 Å². The number of methoxy groups -OCH3 is 1. The number of aryl methyl sites for hydroxylation is 1. The fourth-order valence-electron chi connectivity index (χ4n) is 2.84. The third-order valence-electron chi connectivity index (χ3n) is 4.56. The molecule has 0 aliphatic rings. The summed E-state index contributed by atoms with van der Waals surface area (Å²) in [7, 11) is 1.42. The van der Waals surface area contributed by atoms with Crippen molar-refractivity contribution in [3.8, 4) is 17.2 Å². The first-order chi connectivity index (χ1) is 16.8. The zero-order valence-corrected chi connectivity index (χ0v) is 20.3. The van der Waals surface area contributed by atoms with Crippen LogP contribution in [0.25, 0.3) is 0 Å². The van der Waals surface area contributed by atoms with E-state index in [-0.39, 0.29) is 22.9 Å². The smallest absolute Gasteiger partial charge is 0.343 e. The van der Waals surface area contributed by atoms with Crippen molar-refractivity contribution in [2.45, 2.75) is 6.92 Å². The lowest BCUT2D eigenvalue weighted by molar-refractivity contribution is -0.385. The second kappa shape index (κ2) is 11.7. The van der Waals surface area contributed by atoms with E-state index in [0.29, 0.717) is 15.6 Å². The van der Waals surface area contributed by atoms with Gasteiger partial charge in [-0.25, -0.2) is 10.2 Å². The first-order valence-corrected chi connectivity index (χ1v) is 10.9. The van der Waals surface area contributed by atoms with Gasteiger partial charge in [0, 0.05) is 6.07 Å². The number of amides is 1. The van der Waals surface area contributed by atoms with Gasteiger partial charge >= 0.3 is 11.7 Å². The highest BCUT2D eigenvalue weighted by Gasteiger charge is 2.17. The first kappa shape index (κ1) is 25.4. The molecule has 10 nitrogen and oxygen atoms in total. The number of ether oxygens (including phenoxy) is 3. The Labute approximate surface area is 208 Å². The number of nitrogens with one attached hydrogen (secondary N) is 1. The molecular formula is C24H20BrN3O7. The Kier molecular flexibility index (Phi) is 8.52. The number of hydrazone groups is 1. The summed E-state index contributed by atoms with van der Waals surface area (Å²) in [5, 5.41) is 14.9. The normalized spacial score (nSPS) is 10.6. The number of rotatable bonds is 9. The quantitative estimate of drug-likeness (QED) is 0.139. The number of nitro benzene ring substituents is 1. The molecule has 0 atom stereocenters. The van der Waals surface area contributed by atoms with Crippen LogP contribution in [0.4, 0.5) is 5.69 Å². The molecule has 0 saturated carbocycles. The van der Waals surface area contributed by atoms with E-state index in [0.717, 1.165) is 5.56 Å². The number of esters is 1. The number of benzene rings is 3. The summed E-state index contributed by atoms with van der Waals surface area (Å²) in [6.07, 6.45) is 1.35. The number of nitrogens with zero attached hydrogens (tertiary/aromatic N) is 2. The number of hydrogen-bond donors (Lipinski definition) is 1. The van der Waals surface area contributed by atoms with Gasteiger partial charge in [-0.3, -0.25) is 14.9 Å².